The summed E-state index contributed by atoms with van der Waals surface area (Å²) in [6, 6.07) is 15.9. The van der Waals surface area contributed by atoms with Crippen molar-refractivity contribution in [1.29, 1.82) is 0 Å². The van der Waals surface area contributed by atoms with E-state index in [4.69, 9.17) is 5.73 Å². The molecular formula is C19H26IN3O. The quantitative estimate of drug-likeness (QED) is 0.372. The van der Waals surface area contributed by atoms with Crippen molar-refractivity contribution in [2.45, 2.75) is 32.8 Å². The van der Waals surface area contributed by atoms with Crippen molar-refractivity contribution in [3.63, 3.8) is 0 Å². The third kappa shape index (κ3) is 6.13. The van der Waals surface area contributed by atoms with Crippen molar-refractivity contribution in [1.82, 2.24) is 0 Å². The Bertz CT molecular complexity index is 669. The normalized spacial score (nSPS) is 12.6. The van der Waals surface area contributed by atoms with Crippen molar-refractivity contribution >= 4 is 35.6 Å². The number of aliphatic hydroxyl groups excluding tert-OH is 1. The fourth-order valence-corrected chi connectivity index (χ4v) is 2.24. The second-order valence-electron chi connectivity index (χ2n) is 6.06. The lowest BCUT2D eigenvalue weighted by molar-refractivity contribution is 0.187. The lowest BCUT2D eigenvalue weighted by Crippen LogP contribution is -2.23. The van der Waals surface area contributed by atoms with Gasteiger partial charge >= 0.3 is 0 Å². The fourth-order valence-electron chi connectivity index (χ4n) is 2.24. The molecule has 0 saturated carbocycles. The molecule has 0 aliphatic heterocycles. The number of nitrogens with zero attached hydrogens (tertiary/aromatic N) is 1. The maximum absolute atomic E-state index is 10.2. The summed E-state index contributed by atoms with van der Waals surface area (Å²) >= 11 is 0. The van der Waals surface area contributed by atoms with Crippen LogP contribution in [0.3, 0.4) is 0 Å². The maximum atomic E-state index is 10.2. The summed E-state index contributed by atoms with van der Waals surface area (Å²) in [6.07, 6.45) is -0.655. The van der Waals surface area contributed by atoms with Crippen LogP contribution in [0, 0.1) is 6.92 Å². The Hall–Kier alpha value is -1.60. The first-order chi connectivity index (χ1) is 11.0. The highest BCUT2D eigenvalue weighted by Gasteiger charge is 2.07. The zero-order valence-corrected chi connectivity index (χ0v) is 16.7. The minimum atomic E-state index is -0.655. The van der Waals surface area contributed by atoms with Gasteiger partial charge in [0, 0.05) is 5.69 Å². The van der Waals surface area contributed by atoms with E-state index in [1.54, 1.807) is 0 Å². The topological polar surface area (TPSA) is 70.6 Å². The first kappa shape index (κ1) is 20.4. The number of guanidine groups is 1. The molecule has 0 radical (unpaired) electrons. The molecule has 0 fully saturated rings. The number of halogens is 1. The molecule has 0 aromatic heterocycles. The van der Waals surface area contributed by atoms with Gasteiger partial charge in [0.25, 0.3) is 0 Å². The Morgan fingerprint density at radius 2 is 1.79 bits per heavy atom. The van der Waals surface area contributed by atoms with Gasteiger partial charge in [0.05, 0.1) is 12.6 Å². The zero-order valence-electron chi connectivity index (χ0n) is 14.4. The largest absolute Gasteiger partial charge is 0.386 e. The van der Waals surface area contributed by atoms with Crippen LogP contribution in [-0.2, 0) is 0 Å². The van der Waals surface area contributed by atoms with E-state index in [1.165, 1.54) is 5.56 Å². The number of hydrogen-bond donors (Lipinski definition) is 3. The van der Waals surface area contributed by atoms with E-state index in [9.17, 15) is 5.11 Å². The second-order valence-corrected chi connectivity index (χ2v) is 6.06. The average molecular weight is 439 g/mol. The van der Waals surface area contributed by atoms with E-state index in [0.29, 0.717) is 11.9 Å². The van der Waals surface area contributed by atoms with Gasteiger partial charge in [-0.05, 0) is 36.1 Å². The summed E-state index contributed by atoms with van der Waals surface area (Å²) in [4.78, 5) is 4.23. The molecule has 0 aliphatic rings. The number of hydrogen-bond acceptors (Lipinski definition) is 2. The Balaban J connectivity index is 0.00000288. The summed E-state index contributed by atoms with van der Waals surface area (Å²) in [5.41, 5.74) is 10.1. The first-order valence-corrected chi connectivity index (χ1v) is 7.87. The number of nitrogens with one attached hydrogen (secondary N) is 1. The average Bonchev–Trinajstić information content (AvgIpc) is 2.53. The van der Waals surface area contributed by atoms with E-state index in [1.807, 2.05) is 43.3 Å². The van der Waals surface area contributed by atoms with E-state index < -0.39 is 6.10 Å². The Morgan fingerprint density at radius 1 is 1.12 bits per heavy atom. The van der Waals surface area contributed by atoms with Crippen LogP contribution in [0.4, 0.5) is 5.69 Å². The summed E-state index contributed by atoms with van der Waals surface area (Å²) < 4.78 is 0. The molecule has 0 heterocycles. The molecule has 1 unspecified atom stereocenters. The van der Waals surface area contributed by atoms with Gasteiger partial charge in [-0.3, -0.25) is 4.99 Å². The molecule has 2 rings (SSSR count). The molecule has 2 aromatic rings. The van der Waals surface area contributed by atoms with Gasteiger partial charge in [-0.15, -0.1) is 24.0 Å². The number of aliphatic hydroxyl groups is 1. The van der Waals surface area contributed by atoms with Gasteiger partial charge in [-0.25, -0.2) is 0 Å². The molecule has 0 aliphatic carbocycles. The van der Waals surface area contributed by atoms with E-state index in [2.05, 4.69) is 36.3 Å². The van der Waals surface area contributed by atoms with Gasteiger partial charge in [0.2, 0.25) is 0 Å². The summed E-state index contributed by atoms with van der Waals surface area (Å²) in [5, 5.41) is 13.2. The third-order valence-corrected chi connectivity index (χ3v) is 3.72. The Labute approximate surface area is 161 Å². The van der Waals surface area contributed by atoms with Crippen LogP contribution < -0.4 is 11.1 Å². The standard InChI is InChI=1S/C19H25N3O.HI/c1-13(2)16-5-4-6-17(11-16)22-19(20)21-12-18(23)15-9-7-14(3)8-10-15;/h4-11,13,18,23H,12H2,1-3H3,(H3,20,21,22);1H. The smallest absolute Gasteiger partial charge is 0.193 e. The molecule has 24 heavy (non-hydrogen) atoms. The lowest BCUT2D eigenvalue weighted by atomic mass is 10.0. The van der Waals surface area contributed by atoms with Crippen molar-refractivity contribution in [3.05, 3.63) is 65.2 Å². The van der Waals surface area contributed by atoms with Crippen molar-refractivity contribution in [2.75, 3.05) is 11.9 Å². The number of benzene rings is 2. The van der Waals surface area contributed by atoms with Crippen LogP contribution in [-0.4, -0.2) is 17.6 Å². The number of aryl methyl sites for hydroxylation is 1. The van der Waals surface area contributed by atoms with Gasteiger partial charge < -0.3 is 16.2 Å². The van der Waals surface area contributed by atoms with Crippen molar-refractivity contribution in [3.8, 4) is 0 Å². The highest BCUT2D eigenvalue weighted by molar-refractivity contribution is 14.0. The maximum Gasteiger partial charge on any atom is 0.193 e. The lowest BCUT2D eigenvalue weighted by Gasteiger charge is -2.11. The minimum absolute atomic E-state index is 0. The first-order valence-electron chi connectivity index (χ1n) is 7.87. The van der Waals surface area contributed by atoms with Gasteiger partial charge in [0.1, 0.15) is 0 Å². The van der Waals surface area contributed by atoms with Crippen LogP contribution >= 0.6 is 24.0 Å². The molecule has 1 atom stereocenters. The summed E-state index contributed by atoms with van der Waals surface area (Å²) in [5.74, 6) is 0.760. The highest BCUT2D eigenvalue weighted by atomic mass is 127. The molecule has 0 amide bonds. The molecule has 4 N–H and O–H groups in total. The molecule has 4 nitrogen and oxygen atoms in total. The molecule has 5 heteroatoms. The van der Waals surface area contributed by atoms with Gasteiger partial charge in [0.15, 0.2) is 5.96 Å². The monoisotopic (exact) mass is 439 g/mol. The van der Waals surface area contributed by atoms with Crippen LogP contribution in [0.25, 0.3) is 0 Å². The molecular weight excluding hydrogens is 413 g/mol. The van der Waals surface area contributed by atoms with Crippen LogP contribution in [0.2, 0.25) is 0 Å². The zero-order chi connectivity index (χ0) is 16.8. The summed E-state index contributed by atoms with van der Waals surface area (Å²) in [7, 11) is 0. The number of rotatable bonds is 5. The highest BCUT2D eigenvalue weighted by Crippen LogP contribution is 2.18. The van der Waals surface area contributed by atoms with E-state index in [-0.39, 0.29) is 30.5 Å². The number of aliphatic imine (C=N–C) groups is 1. The molecule has 130 valence electrons. The van der Waals surface area contributed by atoms with Crippen molar-refractivity contribution in [2.24, 2.45) is 10.7 Å². The Kier molecular flexibility index (Phi) is 8.21. The fraction of sp³-hybridized carbons (Fsp3) is 0.316. The molecule has 2 aromatic carbocycles. The predicted molar refractivity (Wildman–Crippen MR) is 112 cm³/mol. The molecule has 0 saturated heterocycles. The van der Waals surface area contributed by atoms with E-state index in [0.717, 1.165) is 16.8 Å². The summed E-state index contributed by atoms with van der Waals surface area (Å²) in [6.45, 7) is 6.54. The van der Waals surface area contributed by atoms with Crippen LogP contribution in [0.1, 0.15) is 42.6 Å². The van der Waals surface area contributed by atoms with Gasteiger partial charge in [-0.2, -0.15) is 0 Å². The minimum Gasteiger partial charge on any atom is -0.386 e. The van der Waals surface area contributed by atoms with E-state index >= 15 is 0 Å². The number of nitrogens with two attached hydrogens (primary N) is 1. The Morgan fingerprint density at radius 3 is 2.42 bits per heavy atom. The molecule has 0 spiro atoms. The second kappa shape index (κ2) is 9.64. The predicted octanol–water partition coefficient (Wildman–Crippen LogP) is 4.20. The van der Waals surface area contributed by atoms with Gasteiger partial charge in [-0.1, -0.05) is 55.8 Å². The van der Waals surface area contributed by atoms with Crippen LogP contribution in [0.5, 0.6) is 0 Å². The molecule has 0 bridgehead atoms. The third-order valence-electron chi connectivity index (χ3n) is 3.72. The van der Waals surface area contributed by atoms with Crippen molar-refractivity contribution < 1.29 is 5.11 Å². The van der Waals surface area contributed by atoms with Crippen LogP contribution in [0.15, 0.2) is 53.5 Å². The SMILES string of the molecule is Cc1ccc(C(O)CN=C(N)Nc2cccc(C(C)C)c2)cc1.I. The number of anilines is 1.